The minimum absolute atomic E-state index is 0.135. The normalized spacial score (nSPS) is 43.1. The van der Waals surface area contributed by atoms with Crippen LogP contribution in [0.5, 0.6) is 0 Å². The summed E-state index contributed by atoms with van der Waals surface area (Å²) < 4.78 is 6.15. The zero-order valence-corrected chi connectivity index (χ0v) is 13.4. The van der Waals surface area contributed by atoms with Gasteiger partial charge in [-0.3, -0.25) is 4.90 Å². The van der Waals surface area contributed by atoms with Crippen molar-refractivity contribution in [3.05, 3.63) is 0 Å². The van der Waals surface area contributed by atoms with E-state index in [9.17, 15) is 5.11 Å². The summed E-state index contributed by atoms with van der Waals surface area (Å²) in [5.41, 5.74) is -0.269. The summed E-state index contributed by atoms with van der Waals surface area (Å²) in [7, 11) is 0. The van der Waals surface area contributed by atoms with Crippen LogP contribution in [0.2, 0.25) is 0 Å². The maximum Gasteiger partial charge on any atom is 0.0760 e. The largest absolute Gasteiger partial charge is 0.391 e. The van der Waals surface area contributed by atoms with Crippen molar-refractivity contribution in [2.24, 2.45) is 11.8 Å². The van der Waals surface area contributed by atoms with Crippen molar-refractivity contribution in [2.75, 3.05) is 13.1 Å². The molecule has 0 aromatic rings. The number of hydrogen-bond donors (Lipinski definition) is 1. The second-order valence-corrected chi connectivity index (χ2v) is 8.14. The standard InChI is InChI=1S/C16H31NO2/c1-11-7-12(2)14(13(18)8-11)17-9-15(3,4)19-16(5,6)10-17/h11-14,18H,7-10H2,1-6H3. The summed E-state index contributed by atoms with van der Waals surface area (Å²) in [6, 6.07) is 0.290. The first-order chi connectivity index (χ1) is 8.60. The molecule has 1 aliphatic heterocycles. The highest BCUT2D eigenvalue weighted by molar-refractivity contribution is 4.97. The first-order valence-corrected chi connectivity index (χ1v) is 7.72. The monoisotopic (exact) mass is 269 g/mol. The predicted octanol–water partition coefficient (Wildman–Crippen LogP) is 2.67. The Bertz CT molecular complexity index is 299. The Morgan fingerprint density at radius 2 is 1.53 bits per heavy atom. The summed E-state index contributed by atoms with van der Waals surface area (Å²) >= 11 is 0. The van der Waals surface area contributed by atoms with Crippen LogP contribution in [0.4, 0.5) is 0 Å². The number of aliphatic hydroxyl groups is 1. The molecule has 1 heterocycles. The van der Waals surface area contributed by atoms with E-state index in [4.69, 9.17) is 4.74 Å². The van der Waals surface area contributed by atoms with Gasteiger partial charge in [0.2, 0.25) is 0 Å². The maximum atomic E-state index is 10.5. The molecule has 0 bridgehead atoms. The third kappa shape index (κ3) is 3.50. The number of ether oxygens (including phenoxy) is 1. The van der Waals surface area contributed by atoms with Crippen LogP contribution in [0.1, 0.15) is 54.4 Å². The van der Waals surface area contributed by atoms with Gasteiger partial charge in [-0.1, -0.05) is 13.8 Å². The van der Waals surface area contributed by atoms with Crippen LogP contribution in [0.15, 0.2) is 0 Å². The van der Waals surface area contributed by atoms with E-state index in [0.717, 1.165) is 19.5 Å². The first-order valence-electron chi connectivity index (χ1n) is 7.72. The van der Waals surface area contributed by atoms with Crippen molar-refractivity contribution >= 4 is 0 Å². The SMILES string of the molecule is CC1CC(C)C(N2CC(C)(C)OC(C)(C)C2)C(O)C1. The molecule has 2 rings (SSSR count). The van der Waals surface area contributed by atoms with Gasteiger partial charge < -0.3 is 9.84 Å². The van der Waals surface area contributed by atoms with Crippen molar-refractivity contribution in [1.29, 1.82) is 0 Å². The van der Waals surface area contributed by atoms with E-state index in [1.54, 1.807) is 0 Å². The van der Waals surface area contributed by atoms with Crippen molar-refractivity contribution in [3.8, 4) is 0 Å². The highest BCUT2D eigenvalue weighted by Crippen LogP contribution is 2.37. The molecule has 0 amide bonds. The molecule has 2 aliphatic rings. The molecule has 3 heteroatoms. The van der Waals surface area contributed by atoms with Crippen molar-refractivity contribution in [1.82, 2.24) is 4.90 Å². The van der Waals surface area contributed by atoms with Crippen LogP contribution in [0.25, 0.3) is 0 Å². The molecular formula is C16H31NO2. The maximum absolute atomic E-state index is 10.5. The highest BCUT2D eigenvalue weighted by atomic mass is 16.5. The third-order valence-electron chi connectivity index (χ3n) is 4.54. The van der Waals surface area contributed by atoms with E-state index < -0.39 is 0 Å². The molecule has 1 N–H and O–H groups in total. The summed E-state index contributed by atoms with van der Waals surface area (Å²) in [6.45, 7) is 15.0. The quantitative estimate of drug-likeness (QED) is 0.794. The van der Waals surface area contributed by atoms with Gasteiger partial charge in [0.25, 0.3) is 0 Å². The number of rotatable bonds is 1. The predicted molar refractivity (Wildman–Crippen MR) is 78.2 cm³/mol. The minimum atomic E-state index is -0.191. The molecule has 112 valence electrons. The molecule has 3 nitrogen and oxygen atoms in total. The fraction of sp³-hybridized carbons (Fsp3) is 1.00. The molecular weight excluding hydrogens is 238 g/mol. The van der Waals surface area contributed by atoms with Gasteiger partial charge in [0.15, 0.2) is 0 Å². The Labute approximate surface area is 118 Å². The van der Waals surface area contributed by atoms with E-state index in [-0.39, 0.29) is 17.3 Å². The second kappa shape index (κ2) is 5.01. The van der Waals surface area contributed by atoms with E-state index >= 15 is 0 Å². The Morgan fingerprint density at radius 1 is 1.00 bits per heavy atom. The third-order valence-corrected chi connectivity index (χ3v) is 4.54. The zero-order chi connectivity index (χ0) is 14.4. The summed E-state index contributed by atoms with van der Waals surface area (Å²) in [6.07, 6.45) is 1.97. The van der Waals surface area contributed by atoms with Gasteiger partial charge in [0, 0.05) is 19.1 Å². The van der Waals surface area contributed by atoms with Crippen LogP contribution in [-0.2, 0) is 4.74 Å². The van der Waals surface area contributed by atoms with Gasteiger partial charge in [-0.25, -0.2) is 0 Å². The Kier molecular flexibility index (Phi) is 4.03. The second-order valence-electron chi connectivity index (χ2n) is 8.14. The molecule has 1 saturated heterocycles. The smallest absolute Gasteiger partial charge is 0.0760 e. The van der Waals surface area contributed by atoms with Crippen molar-refractivity contribution < 1.29 is 9.84 Å². The Balaban J connectivity index is 2.16. The fourth-order valence-electron chi connectivity index (χ4n) is 4.46. The molecule has 0 aromatic carbocycles. The molecule has 2 fully saturated rings. The number of morpholine rings is 1. The molecule has 0 aromatic heterocycles. The number of hydrogen-bond acceptors (Lipinski definition) is 3. The zero-order valence-electron chi connectivity index (χ0n) is 13.4. The lowest BCUT2D eigenvalue weighted by Gasteiger charge is -2.53. The molecule has 4 atom stereocenters. The minimum Gasteiger partial charge on any atom is -0.391 e. The molecule has 0 spiro atoms. The first kappa shape index (κ1) is 15.3. The Hall–Kier alpha value is -0.120. The number of nitrogens with zero attached hydrogens (tertiary/aromatic N) is 1. The average molecular weight is 269 g/mol. The number of aliphatic hydroxyl groups excluding tert-OH is 1. The van der Waals surface area contributed by atoms with Gasteiger partial charge >= 0.3 is 0 Å². The van der Waals surface area contributed by atoms with Crippen molar-refractivity contribution in [2.45, 2.75) is 77.7 Å². The lowest BCUT2D eigenvalue weighted by Crippen LogP contribution is -2.63. The topological polar surface area (TPSA) is 32.7 Å². The molecule has 19 heavy (non-hydrogen) atoms. The lowest BCUT2D eigenvalue weighted by atomic mass is 9.76. The summed E-state index contributed by atoms with van der Waals surface area (Å²) in [5.74, 6) is 1.20. The molecule has 1 aliphatic carbocycles. The molecule has 4 unspecified atom stereocenters. The van der Waals surface area contributed by atoms with E-state index in [0.29, 0.717) is 17.9 Å². The van der Waals surface area contributed by atoms with Crippen LogP contribution >= 0.6 is 0 Å². The highest BCUT2D eigenvalue weighted by Gasteiger charge is 2.45. The van der Waals surface area contributed by atoms with Crippen LogP contribution in [0, 0.1) is 11.8 Å². The van der Waals surface area contributed by atoms with Crippen molar-refractivity contribution in [3.63, 3.8) is 0 Å². The summed E-state index contributed by atoms with van der Waals surface area (Å²) in [4.78, 5) is 2.48. The van der Waals surface area contributed by atoms with Crippen LogP contribution in [0.3, 0.4) is 0 Å². The van der Waals surface area contributed by atoms with Gasteiger partial charge in [0.05, 0.1) is 17.3 Å². The van der Waals surface area contributed by atoms with E-state index in [2.05, 4.69) is 46.4 Å². The van der Waals surface area contributed by atoms with Gasteiger partial charge in [0.1, 0.15) is 0 Å². The molecule has 0 radical (unpaired) electrons. The average Bonchev–Trinajstić information content (AvgIpc) is 2.09. The molecule has 1 saturated carbocycles. The fourth-order valence-corrected chi connectivity index (χ4v) is 4.46. The van der Waals surface area contributed by atoms with E-state index in [1.807, 2.05) is 0 Å². The van der Waals surface area contributed by atoms with Gasteiger partial charge in [-0.05, 0) is 52.4 Å². The van der Waals surface area contributed by atoms with Crippen LogP contribution < -0.4 is 0 Å². The van der Waals surface area contributed by atoms with Gasteiger partial charge in [-0.15, -0.1) is 0 Å². The van der Waals surface area contributed by atoms with E-state index in [1.165, 1.54) is 6.42 Å². The van der Waals surface area contributed by atoms with Crippen LogP contribution in [-0.4, -0.2) is 46.4 Å². The Morgan fingerprint density at radius 3 is 2.00 bits per heavy atom. The van der Waals surface area contributed by atoms with Gasteiger partial charge in [-0.2, -0.15) is 0 Å². The lowest BCUT2D eigenvalue weighted by molar-refractivity contribution is -0.201. The summed E-state index contributed by atoms with van der Waals surface area (Å²) in [5, 5.41) is 10.5.